The van der Waals surface area contributed by atoms with Crippen LogP contribution in [0.3, 0.4) is 0 Å². The molecule has 104 valence electrons. The lowest BCUT2D eigenvalue weighted by atomic mass is 10.1. The van der Waals surface area contributed by atoms with Gasteiger partial charge in [0.25, 0.3) is 0 Å². The number of likely N-dealkylation sites (N-methyl/N-ethyl adjacent to an activating group) is 1. The molecule has 0 spiro atoms. The largest absolute Gasteiger partial charge is 0.368 e. The minimum Gasteiger partial charge on any atom is -0.368 e. The summed E-state index contributed by atoms with van der Waals surface area (Å²) in [5.41, 5.74) is 1.38. The molecule has 2 unspecified atom stereocenters. The third kappa shape index (κ3) is 2.04. The van der Waals surface area contributed by atoms with Gasteiger partial charge in [-0.05, 0) is 54.9 Å². The lowest BCUT2D eigenvalue weighted by Crippen LogP contribution is -2.52. The maximum atomic E-state index is 3.54. The van der Waals surface area contributed by atoms with Gasteiger partial charge in [0.05, 0.1) is 0 Å². The first-order valence-corrected chi connectivity index (χ1v) is 8.16. The maximum absolute atomic E-state index is 3.54. The fourth-order valence-corrected chi connectivity index (χ4v) is 4.10. The standard InChI is InChI=1S/C17H19BrN2/c1-19-16-6-7-17(19)11-20(10-16)15-5-3-12-8-14(18)4-2-13(12)9-15/h2-5,8-9,16-17H,6-7,10-11H2,1H3. The van der Waals surface area contributed by atoms with Gasteiger partial charge in [-0.15, -0.1) is 0 Å². The topological polar surface area (TPSA) is 6.48 Å². The minimum atomic E-state index is 0.745. The SMILES string of the molecule is CN1C2CCC1CN(c1ccc3cc(Br)ccc3c1)C2. The van der Waals surface area contributed by atoms with Crippen molar-refractivity contribution in [2.45, 2.75) is 24.9 Å². The van der Waals surface area contributed by atoms with Crippen molar-refractivity contribution in [3.63, 3.8) is 0 Å². The summed E-state index contributed by atoms with van der Waals surface area (Å²) < 4.78 is 1.15. The molecule has 0 aliphatic carbocycles. The zero-order valence-corrected chi connectivity index (χ0v) is 13.3. The molecule has 0 amide bonds. The summed E-state index contributed by atoms with van der Waals surface area (Å²) in [6, 6.07) is 14.9. The number of hydrogen-bond donors (Lipinski definition) is 0. The van der Waals surface area contributed by atoms with Gasteiger partial charge in [-0.2, -0.15) is 0 Å². The molecule has 4 rings (SSSR count). The molecule has 2 heterocycles. The number of anilines is 1. The molecular formula is C17H19BrN2. The van der Waals surface area contributed by atoms with Gasteiger partial charge in [0.15, 0.2) is 0 Å². The molecule has 2 nitrogen and oxygen atoms in total. The summed E-state index contributed by atoms with van der Waals surface area (Å²) in [6.45, 7) is 2.35. The van der Waals surface area contributed by atoms with Crippen LogP contribution in [0.25, 0.3) is 10.8 Å². The number of nitrogens with zero attached hydrogens (tertiary/aromatic N) is 2. The molecule has 2 aliphatic rings. The van der Waals surface area contributed by atoms with Crippen LogP contribution in [0.2, 0.25) is 0 Å². The van der Waals surface area contributed by atoms with Gasteiger partial charge in [0, 0.05) is 35.3 Å². The Morgan fingerprint density at radius 2 is 1.60 bits per heavy atom. The average Bonchev–Trinajstić information content (AvgIpc) is 2.68. The van der Waals surface area contributed by atoms with Gasteiger partial charge < -0.3 is 4.90 Å². The zero-order valence-electron chi connectivity index (χ0n) is 11.7. The summed E-state index contributed by atoms with van der Waals surface area (Å²) in [5, 5.41) is 2.64. The van der Waals surface area contributed by atoms with E-state index in [0.29, 0.717) is 0 Å². The normalized spacial score (nSPS) is 26.4. The maximum Gasteiger partial charge on any atom is 0.0373 e. The van der Waals surface area contributed by atoms with E-state index in [9.17, 15) is 0 Å². The van der Waals surface area contributed by atoms with Crippen LogP contribution < -0.4 is 4.90 Å². The lowest BCUT2D eigenvalue weighted by molar-refractivity contribution is 0.212. The number of rotatable bonds is 1. The number of piperazine rings is 1. The minimum absolute atomic E-state index is 0.745. The van der Waals surface area contributed by atoms with Gasteiger partial charge >= 0.3 is 0 Å². The predicted octanol–water partition coefficient (Wildman–Crippen LogP) is 3.89. The Labute approximate surface area is 128 Å². The van der Waals surface area contributed by atoms with Crippen LogP contribution >= 0.6 is 15.9 Å². The monoisotopic (exact) mass is 330 g/mol. The van der Waals surface area contributed by atoms with Gasteiger partial charge in [0.2, 0.25) is 0 Å². The van der Waals surface area contributed by atoms with E-state index in [1.165, 1.54) is 42.4 Å². The summed E-state index contributed by atoms with van der Waals surface area (Å²) in [5.74, 6) is 0. The highest BCUT2D eigenvalue weighted by atomic mass is 79.9. The Hall–Kier alpha value is -1.06. The van der Waals surface area contributed by atoms with Gasteiger partial charge in [-0.3, -0.25) is 4.90 Å². The van der Waals surface area contributed by atoms with Crippen LogP contribution in [0.15, 0.2) is 40.9 Å². The van der Waals surface area contributed by atoms with Gasteiger partial charge in [-0.25, -0.2) is 0 Å². The Morgan fingerprint density at radius 1 is 0.950 bits per heavy atom. The summed E-state index contributed by atoms with van der Waals surface area (Å²) in [4.78, 5) is 5.15. The number of fused-ring (bicyclic) bond motifs is 3. The first-order valence-electron chi connectivity index (χ1n) is 7.37. The summed E-state index contributed by atoms with van der Waals surface area (Å²) in [7, 11) is 2.29. The number of benzene rings is 2. The lowest BCUT2D eigenvalue weighted by Gasteiger charge is -2.40. The third-order valence-electron chi connectivity index (χ3n) is 5.00. The fourth-order valence-electron chi connectivity index (χ4n) is 3.73. The van der Waals surface area contributed by atoms with Crippen molar-refractivity contribution in [3.05, 3.63) is 40.9 Å². The number of halogens is 1. The van der Waals surface area contributed by atoms with Gasteiger partial charge in [-0.1, -0.05) is 28.1 Å². The van der Waals surface area contributed by atoms with E-state index < -0.39 is 0 Å². The van der Waals surface area contributed by atoms with Crippen molar-refractivity contribution in [2.24, 2.45) is 0 Å². The van der Waals surface area contributed by atoms with Crippen molar-refractivity contribution in [3.8, 4) is 0 Å². The van der Waals surface area contributed by atoms with Crippen LogP contribution in [0.5, 0.6) is 0 Å². The smallest absolute Gasteiger partial charge is 0.0373 e. The fraction of sp³-hybridized carbons (Fsp3) is 0.412. The highest BCUT2D eigenvalue weighted by molar-refractivity contribution is 9.10. The molecule has 0 N–H and O–H groups in total. The zero-order chi connectivity index (χ0) is 13.7. The molecule has 2 atom stereocenters. The molecular weight excluding hydrogens is 312 g/mol. The van der Waals surface area contributed by atoms with E-state index in [0.717, 1.165) is 16.6 Å². The number of hydrogen-bond acceptors (Lipinski definition) is 2. The second-order valence-corrected chi connectivity index (χ2v) is 7.05. The highest BCUT2D eigenvalue weighted by Crippen LogP contribution is 2.32. The molecule has 2 aromatic carbocycles. The quantitative estimate of drug-likeness (QED) is 0.782. The Bertz CT molecular complexity index is 640. The molecule has 2 fully saturated rings. The van der Waals surface area contributed by atoms with Crippen molar-refractivity contribution >= 4 is 32.4 Å². The van der Waals surface area contributed by atoms with E-state index in [-0.39, 0.29) is 0 Å². The van der Waals surface area contributed by atoms with Gasteiger partial charge in [0.1, 0.15) is 0 Å². The molecule has 2 bridgehead atoms. The van der Waals surface area contributed by atoms with Crippen molar-refractivity contribution in [2.75, 3.05) is 25.0 Å². The predicted molar refractivity (Wildman–Crippen MR) is 88.4 cm³/mol. The van der Waals surface area contributed by atoms with E-state index >= 15 is 0 Å². The molecule has 0 aromatic heterocycles. The molecule has 2 aliphatic heterocycles. The van der Waals surface area contributed by atoms with Crippen LogP contribution in [-0.4, -0.2) is 37.1 Å². The molecule has 3 heteroatoms. The van der Waals surface area contributed by atoms with E-state index in [4.69, 9.17) is 0 Å². The molecule has 20 heavy (non-hydrogen) atoms. The van der Waals surface area contributed by atoms with E-state index in [1.54, 1.807) is 0 Å². The first kappa shape index (κ1) is 12.7. The van der Waals surface area contributed by atoms with Crippen molar-refractivity contribution < 1.29 is 0 Å². The van der Waals surface area contributed by atoms with Crippen molar-refractivity contribution in [1.82, 2.24) is 4.90 Å². The van der Waals surface area contributed by atoms with Crippen molar-refractivity contribution in [1.29, 1.82) is 0 Å². The molecule has 0 radical (unpaired) electrons. The highest BCUT2D eigenvalue weighted by Gasteiger charge is 2.37. The Balaban J connectivity index is 1.67. The summed E-state index contributed by atoms with van der Waals surface area (Å²) in [6.07, 6.45) is 2.72. The van der Waals surface area contributed by atoms with Crippen LogP contribution in [-0.2, 0) is 0 Å². The molecule has 0 saturated carbocycles. The second-order valence-electron chi connectivity index (χ2n) is 6.13. The first-order chi connectivity index (χ1) is 9.70. The molecule has 2 saturated heterocycles. The van der Waals surface area contributed by atoms with Crippen LogP contribution in [0.1, 0.15) is 12.8 Å². The Morgan fingerprint density at radius 3 is 2.35 bits per heavy atom. The second kappa shape index (κ2) is 4.74. The van der Waals surface area contributed by atoms with Crippen LogP contribution in [0, 0.1) is 0 Å². The van der Waals surface area contributed by atoms with E-state index in [1.807, 2.05) is 0 Å². The third-order valence-corrected chi connectivity index (χ3v) is 5.49. The summed E-state index contributed by atoms with van der Waals surface area (Å²) >= 11 is 3.54. The van der Waals surface area contributed by atoms with E-state index in [2.05, 4.69) is 69.2 Å². The van der Waals surface area contributed by atoms with Crippen LogP contribution in [0.4, 0.5) is 5.69 Å². The average molecular weight is 331 g/mol. The molecule has 2 aromatic rings. The Kier molecular flexibility index (Phi) is 3.00.